The number of rotatable bonds is 8. The average molecular weight is 393 g/mol. The van der Waals surface area contributed by atoms with Crippen LogP contribution in [0.5, 0.6) is 0 Å². The SMILES string of the molecule is Fc1ccc(-c2ccc(CCNCCc3ccc(-c4ccc(F)cc4)o3)o2)cc1. The van der Waals surface area contributed by atoms with Crippen molar-refractivity contribution in [2.75, 3.05) is 13.1 Å². The molecule has 5 heteroatoms. The lowest BCUT2D eigenvalue weighted by Crippen LogP contribution is -2.19. The second-order valence-electron chi connectivity index (χ2n) is 6.80. The molecule has 4 rings (SSSR count). The average Bonchev–Trinajstić information content (AvgIpc) is 3.39. The molecule has 0 radical (unpaired) electrons. The second-order valence-corrected chi connectivity index (χ2v) is 6.80. The predicted octanol–water partition coefficient (Wildman–Crippen LogP) is 5.86. The van der Waals surface area contributed by atoms with Gasteiger partial charge in [-0.2, -0.15) is 0 Å². The highest BCUT2D eigenvalue weighted by Gasteiger charge is 2.07. The third-order valence-electron chi connectivity index (χ3n) is 4.68. The molecule has 0 unspecified atom stereocenters. The summed E-state index contributed by atoms with van der Waals surface area (Å²) in [6.45, 7) is 1.56. The fraction of sp³-hybridized carbons (Fsp3) is 0.167. The van der Waals surface area contributed by atoms with E-state index in [1.165, 1.54) is 24.3 Å². The highest BCUT2D eigenvalue weighted by atomic mass is 19.1. The number of nitrogens with one attached hydrogen (secondary N) is 1. The number of furan rings is 2. The number of halogens is 2. The Morgan fingerprint density at radius 3 is 1.38 bits per heavy atom. The minimum atomic E-state index is -0.258. The van der Waals surface area contributed by atoms with E-state index < -0.39 is 0 Å². The summed E-state index contributed by atoms with van der Waals surface area (Å²) in [7, 11) is 0. The van der Waals surface area contributed by atoms with Crippen molar-refractivity contribution in [3.05, 3.63) is 96.0 Å². The molecule has 2 aromatic carbocycles. The van der Waals surface area contributed by atoms with Crippen molar-refractivity contribution in [2.45, 2.75) is 12.8 Å². The highest BCUT2D eigenvalue weighted by Crippen LogP contribution is 2.23. The summed E-state index contributed by atoms with van der Waals surface area (Å²) in [6, 6.07) is 20.2. The van der Waals surface area contributed by atoms with Crippen molar-refractivity contribution < 1.29 is 17.6 Å². The van der Waals surface area contributed by atoms with Crippen LogP contribution in [0.4, 0.5) is 8.78 Å². The number of hydrogen-bond acceptors (Lipinski definition) is 3. The molecule has 0 aliphatic rings. The van der Waals surface area contributed by atoms with Crippen LogP contribution >= 0.6 is 0 Å². The van der Waals surface area contributed by atoms with Gasteiger partial charge in [-0.3, -0.25) is 0 Å². The van der Waals surface area contributed by atoms with Gasteiger partial charge in [0.05, 0.1) is 0 Å². The third-order valence-corrected chi connectivity index (χ3v) is 4.68. The Hall–Kier alpha value is -3.18. The lowest BCUT2D eigenvalue weighted by atomic mass is 10.2. The Morgan fingerprint density at radius 2 is 0.966 bits per heavy atom. The summed E-state index contributed by atoms with van der Waals surface area (Å²) in [5, 5.41) is 3.38. The van der Waals surface area contributed by atoms with Gasteiger partial charge in [0.2, 0.25) is 0 Å². The normalized spacial score (nSPS) is 11.1. The minimum absolute atomic E-state index is 0.258. The van der Waals surface area contributed by atoms with E-state index in [9.17, 15) is 8.78 Å². The van der Waals surface area contributed by atoms with Crippen LogP contribution in [0.15, 0.2) is 81.6 Å². The fourth-order valence-corrected chi connectivity index (χ4v) is 3.11. The number of benzene rings is 2. The first-order chi connectivity index (χ1) is 14.2. The Balaban J connectivity index is 1.22. The molecular formula is C24H21F2NO2. The van der Waals surface area contributed by atoms with Crippen molar-refractivity contribution in [1.29, 1.82) is 0 Å². The summed E-state index contributed by atoms with van der Waals surface area (Å²) in [6.07, 6.45) is 1.53. The van der Waals surface area contributed by atoms with Gasteiger partial charge in [0, 0.05) is 37.1 Å². The topological polar surface area (TPSA) is 38.3 Å². The van der Waals surface area contributed by atoms with Crippen LogP contribution in [-0.2, 0) is 12.8 Å². The van der Waals surface area contributed by atoms with Crippen molar-refractivity contribution in [2.24, 2.45) is 0 Å². The Morgan fingerprint density at radius 1 is 0.552 bits per heavy atom. The number of hydrogen-bond donors (Lipinski definition) is 1. The molecule has 0 spiro atoms. The van der Waals surface area contributed by atoms with Crippen molar-refractivity contribution in [3.63, 3.8) is 0 Å². The molecule has 2 aromatic heterocycles. The van der Waals surface area contributed by atoms with Gasteiger partial charge in [0.1, 0.15) is 34.7 Å². The zero-order valence-electron chi connectivity index (χ0n) is 15.8. The van der Waals surface area contributed by atoms with E-state index >= 15 is 0 Å². The van der Waals surface area contributed by atoms with Crippen LogP contribution in [-0.4, -0.2) is 13.1 Å². The van der Waals surface area contributed by atoms with E-state index in [0.717, 1.165) is 60.1 Å². The molecule has 0 saturated heterocycles. The Labute approximate surface area is 168 Å². The molecule has 1 N–H and O–H groups in total. The first kappa shape index (κ1) is 19.2. The highest BCUT2D eigenvalue weighted by molar-refractivity contribution is 5.58. The van der Waals surface area contributed by atoms with E-state index in [0.29, 0.717) is 0 Å². The van der Waals surface area contributed by atoms with Crippen LogP contribution in [0.1, 0.15) is 11.5 Å². The van der Waals surface area contributed by atoms with E-state index in [-0.39, 0.29) is 11.6 Å². The summed E-state index contributed by atoms with van der Waals surface area (Å²) in [4.78, 5) is 0. The monoisotopic (exact) mass is 393 g/mol. The second kappa shape index (κ2) is 8.88. The van der Waals surface area contributed by atoms with E-state index in [1.807, 2.05) is 24.3 Å². The lowest BCUT2D eigenvalue weighted by Gasteiger charge is -2.02. The fourth-order valence-electron chi connectivity index (χ4n) is 3.11. The maximum Gasteiger partial charge on any atom is 0.134 e. The zero-order chi connectivity index (χ0) is 20.1. The molecule has 2 heterocycles. The molecule has 4 aromatic rings. The van der Waals surface area contributed by atoms with Crippen LogP contribution in [0.2, 0.25) is 0 Å². The van der Waals surface area contributed by atoms with Gasteiger partial charge in [-0.15, -0.1) is 0 Å². The summed E-state index contributed by atoms with van der Waals surface area (Å²) >= 11 is 0. The van der Waals surface area contributed by atoms with Gasteiger partial charge < -0.3 is 14.2 Å². The van der Waals surface area contributed by atoms with Crippen molar-refractivity contribution in [1.82, 2.24) is 5.32 Å². The maximum atomic E-state index is 13.0. The minimum Gasteiger partial charge on any atom is -0.461 e. The van der Waals surface area contributed by atoms with E-state index in [2.05, 4.69) is 5.32 Å². The Kier molecular flexibility index (Phi) is 5.86. The van der Waals surface area contributed by atoms with Gasteiger partial charge in [0.25, 0.3) is 0 Å². The van der Waals surface area contributed by atoms with Crippen LogP contribution in [0.25, 0.3) is 22.6 Å². The van der Waals surface area contributed by atoms with Gasteiger partial charge in [-0.25, -0.2) is 8.78 Å². The molecule has 29 heavy (non-hydrogen) atoms. The smallest absolute Gasteiger partial charge is 0.134 e. The van der Waals surface area contributed by atoms with Crippen LogP contribution in [0.3, 0.4) is 0 Å². The molecule has 0 saturated carbocycles. The molecule has 0 bridgehead atoms. The quantitative estimate of drug-likeness (QED) is 0.381. The molecule has 0 fully saturated rings. The molecule has 3 nitrogen and oxygen atoms in total. The third kappa shape index (κ3) is 5.00. The molecule has 0 aliphatic heterocycles. The standard InChI is InChI=1S/C24H21F2NO2/c25-19-5-1-17(2-6-19)23-11-9-21(28-23)13-15-27-16-14-22-10-12-24(29-22)18-3-7-20(26)8-4-18/h1-12,27H,13-16H2. The van der Waals surface area contributed by atoms with E-state index in [1.54, 1.807) is 24.3 Å². The van der Waals surface area contributed by atoms with Gasteiger partial charge >= 0.3 is 0 Å². The van der Waals surface area contributed by atoms with Gasteiger partial charge in [0.15, 0.2) is 0 Å². The molecule has 0 aliphatic carbocycles. The van der Waals surface area contributed by atoms with Crippen molar-refractivity contribution >= 4 is 0 Å². The van der Waals surface area contributed by atoms with Crippen LogP contribution < -0.4 is 5.32 Å². The Bertz CT molecular complexity index is 963. The van der Waals surface area contributed by atoms with Crippen LogP contribution in [0, 0.1) is 11.6 Å². The molecule has 0 amide bonds. The molecular weight excluding hydrogens is 372 g/mol. The van der Waals surface area contributed by atoms with Crippen molar-refractivity contribution in [3.8, 4) is 22.6 Å². The summed E-state index contributed by atoms with van der Waals surface area (Å²) in [5.41, 5.74) is 1.72. The molecule has 0 atom stereocenters. The first-order valence-corrected chi connectivity index (χ1v) is 9.57. The lowest BCUT2D eigenvalue weighted by molar-refractivity contribution is 0.495. The summed E-state index contributed by atoms with van der Waals surface area (Å²) in [5.74, 6) is 2.73. The van der Waals surface area contributed by atoms with Gasteiger partial charge in [-0.1, -0.05) is 0 Å². The predicted molar refractivity (Wildman–Crippen MR) is 108 cm³/mol. The van der Waals surface area contributed by atoms with Gasteiger partial charge in [-0.05, 0) is 72.8 Å². The zero-order valence-corrected chi connectivity index (χ0v) is 15.8. The summed E-state index contributed by atoms with van der Waals surface area (Å²) < 4.78 is 37.7. The first-order valence-electron chi connectivity index (χ1n) is 9.57. The maximum absolute atomic E-state index is 13.0. The van der Waals surface area contributed by atoms with E-state index in [4.69, 9.17) is 8.83 Å². The largest absolute Gasteiger partial charge is 0.461 e. The molecule has 148 valence electrons.